The first-order chi connectivity index (χ1) is 20.1. The van der Waals surface area contributed by atoms with E-state index in [9.17, 15) is 39.7 Å². The van der Waals surface area contributed by atoms with Gasteiger partial charge < -0.3 is 35.1 Å². The van der Waals surface area contributed by atoms with Gasteiger partial charge in [0.2, 0.25) is 5.69 Å². The molecule has 1 aromatic heterocycles. The summed E-state index contributed by atoms with van der Waals surface area (Å²) >= 11 is 0. The van der Waals surface area contributed by atoms with E-state index in [0.29, 0.717) is 10.4 Å². The van der Waals surface area contributed by atoms with Gasteiger partial charge in [-0.2, -0.15) is 4.73 Å². The van der Waals surface area contributed by atoms with Gasteiger partial charge in [0, 0.05) is 57.7 Å². The molecule has 0 amide bonds. The van der Waals surface area contributed by atoms with E-state index in [-0.39, 0.29) is 77.6 Å². The lowest BCUT2D eigenvalue weighted by Gasteiger charge is -2.31. The van der Waals surface area contributed by atoms with Crippen LogP contribution in [0.25, 0.3) is 0 Å². The predicted molar refractivity (Wildman–Crippen MR) is 148 cm³/mol. The summed E-state index contributed by atoms with van der Waals surface area (Å²) in [4.78, 5) is 53.3. The number of rotatable bonds is 11. The summed E-state index contributed by atoms with van der Waals surface area (Å²) in [6.07, 6.45) is 4.31. The number of carboxylic acids is 3. The summed E-state index contributed by atoms with van der Waals surface area (Å²) in [7, 11) is 0. The van der Waals surface area contributed by atoms with Crippen LogP contribution >= 0.6 is 0 Å². The Balaban J connectivity index is 1.76. The molecule has 1 aliphatic heterocycles. The van der Waals surface area contributed by atoms with Crippen molar-refractivity contribution in [2.75, 3.05) is 58.9 Å². The van der Waals surface area contributed by atoms with Gasteiger partial charge in [0.15, 0.2) is 6.20 Å². The number of nitrogens with zero attached hydrogens (tertiary/aromatic N) is 5. The fourth-order valence-electron chi connectivity index (χ4n) is 4.29. The molecule has 2 heterocycles. The summed E-state index contributed by atoms with van der Waals surface area (Å²) in [5.41, 5.74) is 1.19. The van der Waals surface area contributed by atoms with Gasteiger partial charge in [0.25, 0.3) is 0 Å². The molecule has 226 valence electrons. The smallest absolute Gasteiger partial charge is 0.344 e. The zero-order valence-corrected chi connectivity index (χ0v) is 23.1. The number of esters is 1. The van der Waals surface area contributed by atoms with Gasteiger partial charge in [-0.25, -0.2) is 4.79 Å². The molecule has 0 saturated carbocycles. The molecule has 3 N–H and O–H groups in total. The highest BCUT2D eigenvalue weighted by Crippen LogP contribution is 2.09. The maximum atomic E-state index is 12.8. The number of aromatic nitrogens is 1. The number of carboxylic acid groups (broad SMARTS) is 3. The summed E-state index contributed by atoms with van der Waals surface area (Å²) in [5, 5.41) is 40.8. The van der Waals surface area contributed by atoms with Crippen LogP contribution in [0.3, 0.4) is 0 Å². The van der Waals surface area contributed by atoms with Crippen molar-refractivity contribution in [1.82, 2.24) is 19.6 Å². The van der Waals surface area contributed by atoms with Gasteiger partial charge in [-0.3, -0.25) is 24.2 Å². The fourth-order valence-corrected chi connectivity index (χ4v) is 4.29. The number of aliphatic carboxylic acids is 3. The van der Waals surface area contributed by atoms with Gasteiger partial charge in [0.1, 0.15) is 25.3 Å². The van der Waals surface area contributed by atoms with Gasteiger partial charge in [-0.05, 0) is 11.6 Å². The van der Waals surface area contributed by atoms with Gasteiger partial charge in [-0.1, -0.05) is 30.3 Å². The molecule has 0 atom stereocenters. The minimum Gasteiger partial charge on any atom is -0.618 e. The number of ether oxygens (including phenoxy) is 1. The average Bonchev–Trinajstić information content (AvgIpc) is 2.93. The van der Waals surface area contributed by atoms with Crippen molar-refractivity contribution in [3.8, 4) is 0 Å². The number of benzene rings is 1. The molecule has 0 spiro atoms. The third-order valence-corrected chi connectivity index (χ3v) is 6.49. The van der Waals surface area contributed by atoms with Crippen LogP contribution in [0, 0.1) is 5.21 Å². The first kappa shape index (κ1) is 31.8. The Kier molecular flexibility index (Phi) is 12.1. The zero-order valence-electron chi connectivity index (χ0n) is 23.1. The molecule has 0 unspecified atom stereocenters. The van der Waals surface area contributed by atoms with E-state index < -0.39 is 23.9 Å². The van der Waals surface area contributed by atoms with Crippen molar-refractivity contribution in [3.63, 3.8) is 0 Å². The Morgan fingerprint density at radius 2 is 1.29 bits per heavy atom. The van der Waals surface area contributed by atoms with E-state index in [1.54, 1.807) is 27.1 Å². The van der Waals surface area contributed by atoms with Crippen LogP contribution in [0.2, 0.25) is 0 Å². The lowest BCUT2D eigenvalue weighted by Crippen LogP contribution is -2.45. The summed E-state index contributed by atoms with van der Waals surface area (Å²) in [6.45, 7) is 0.865. The topological polar surface area (TPSA) is 178 Å². The molecule has 0 fully saturated rings. The molecule has 0 aliphatic carbocycles. The highest BCUT2D eigenvalue weighted by atomic mass is 16.5. The third kappa shape index (κ3) is 11.1. The summed E-state index contributed by atoms with van der Waals surface area (Å²) < 4.78 is 5.86. The van der Waals surface area contributed by atoms with Crippen molar-refractivity contribution >= 4 is 23.9 Å². The Hall–Kier alpha value is -4.69. The first-order valence-corrected chi connectivity index (χ1v) is 13.3. The Bertz CT molecular complexity index is 1260. The molecule has 3 rings (SSSR count). The lowest BCUT2D eigenvalue weighted by molar-refractivity contribution is -0.615. The fraction of sp³-hybridized carbons (Fsp3) is 0.393. The Morgan fingerprint density at radius 3 is 1.86 bits per heavy atom. The Morgan fingerprint density at radius 1 is 0.738 bits per heavy atom. The molecule has 14 nitrogen and oxygen atoms in total. The van der Waals surface area contributed by atoms with Gasteiger partial charge in [-0.15, -0.1) is 0 Å². The minimum atomic E-state index is -1.07. The van der Waals surface area contributed by atoms with E-state index in [4.69, 9.17) is 4.74 Å². The van der Waals surface area contributed by atoms with Crippen molar-refractivity contribution in [2.24, 2.45) is 0 Å². The van der Waals surface area contributed by atoms with Crippen LogP contribution < -0.4 is 4.73 Å². The van der Waals surface area contributed by atoms with Crippen molar-refractivity contribution < 1.29 is 44.0 Å². The summed E-state index contributed by atoms with van der Waals surface area (Å²) in [6, 6.07) is 12.1. The van der Waals surface area contributed by atoms with Crippen LogP contribution in [0.15, 0.2) is 61.1 Å². The average molecular weight is 586 g/mol. The SMILES string of the molecule is O=C(O)CN1/C=C\N(Cc2ccc(C(=O)OCc3ccccc3)c[n+]2[O-])CCN(CC(=O)O)CCN(CC(=O)O)CC1. The molecular weight excluding hydrogens is 550 g/mol. The normalized spacial score (nSPS) is 16.2. The van der Waals surface area contributed by atoms with Gasteiger partial charge >= 0.3 is 23.9 Å². The monoisotopic (exact) mass is 585 g/mol. The van der Waals surface area contributed by atoms with Gasteiger partial charge in [0.05, 0.1) is 13.1 Å². The third-order valence-electron chi connectivity index (χ3n) is 6.49. The second-order valence-corrected chi connectivity index (χ2v) is 9.77. The summed E-state index contributed by atoms with van der Waals surface area (Å²) in [5.74, 6) is -3.79. The standard InChI is InChI=1S/C28H35N5O9/c34-25(35)18-30-10-8-29(9-11-31(19-26(36)37)13-15-32(14-12-30)20-27(38)39)17-24-7-6-23(16-33(24)41)28(40)42-21-22-4-2-1-3-5-22/h1-8,10,16H,9,11-15,17-21H2,(H,34,35)(H,36,37)(H,38,39)/b10-8-. The number of hydrogen-bond donors (Lipinski definition) is 3. The van der Waals surface area contributed by atoms with E-state index in [1.807, 2.05) is 30.3 Å². The largest absolute Gasteiger partial charge is 0.618 e. The van der Waals surface area contributed by atoms with Crippen molar-refractivity contribution in [1.29, 1.82) is 0 Å². The van der Waals surface area contributed by atoms with Crippen LogP contribution in [0.1, 0.15) is 21.6 Å². The molecule has 1 aromatic carbocycles. The quantitative estimate of drug-likeness (QED) is 0.184. The number of pyridine rings is 1. The molecule has 1 aliphatic rings. The zero-order chi connectivity index (χ0) is 30.5. The molecule has 0 radical (unpaired) electrons. The molecular formula is C28H35N5O9. The maximum absolute atomic E-state index is 12.8. The molecule has 0 saturated heterocycles. The molecule has 14 heteroatoms. The number of carbonyl (C=O) groups is 4. The van der Waals surface area contributed by atoms with E-state index in [0.717, 1.165) is 11.8 Å². The van der Waals surface area contributed by atoms with E-state index in [1.165, 1.54) is 17.0 Å². The van der Waals surface area contributed by atoms with E-state index >= 15 is 0 Å². The van der Waals surface area contributed by atoms with Crippen molar-refractivity contribution in [2.45, 2.75) is 13.2 Å². The van der Waals surface area contributed by atoms with Crippen LogP contribution in [-0.4, -0.2) is 118 Å². The number of carbonyl (C=O) groups excluding carboxylic acids is 1. The number of hydrogen-bond acceptors (Lipinski definition) is 10. The maximum Gasteiger partial charge on any atom is 0.344 e. The second-order valence-electron chi connectivity index (χ2n) is 9.77. The molecule has 2 aromatic rings. The Labute approximate surface area is 242 Å². The van der Waals surface area contributed by atoms with Crippen LogP contribution in [0.4, 0.5) is 0 Å². The minimum absolute atomic E-state index is 0.0621. The van der Waals surface area contributed by atoms with E-state index in [2.05, 4.69) is 0 Å². The predicted octanol–water partition coefficient (Wildman–Crippen LogP) is 0.124. The molecule has 42 heavy (non-hydrogen) atoms. The van der Waals surface area contributed by atoms with Crippen LogP contribution in [-0.2, 0) is 32.3 Å². The van der Waals surface area contributed by atoms with Crippen LogP contribution in [0.5, 0.6) is 0 Å². The highest BCUT2D eigenvalue weighted by Gasteiger charge is 2.20. The highest BCUT2D eigenvalue weighted by molar-refractivity contribution is 5.88. The molecule has 0 bridgehead atoms. The van der Waals surface area contributed by atoms with Crippen molar-refractivity contribution in [3.05, 3.63) is 83.1 Å². The first-order valence-electron chi connectivity index (χ1n) is 13.3. The lowest BCUT2D eigenvalue weighted by atomic mass is 10.2. The second kappa shape index (κ2) is 15.9.